The van der Waals surface area contributed by atoms with Crippen LogP contribution in [0.4, 0.5) is 0 Å². The molecule has 96 heavy (non-hydrogen) atoms. The Balaban J connectivity index is 0.000000311. The van der Waals surface area contributed by atoms with Crippen molar-refractivity contribution in [2.24, 2.45) is 0 Å². The third kappa shape index (κ3) is 28.0. The van der Waals surface area contributed by atoms with Gasteiger partial charge in [-0.1, -0.05) is 100.0 Å². The first-order valence-corrected chi connectivity index (χ1v) is 35.3. The van der Waals surface area contributed by atoms with E-state index < -0.39 is 0 Å². The number of hydrogen-bond donors (Lipinski definition) is 2. The Morgan fingerprint density at radius 3 is 1.25 bits per heavy atom. The van der Waals surface area contributed by atoms with E-state index in [0.717, 1.165) is 182 Å². The maximum atomic E-state index is 12.0. The van der Waals surface area contributed by atoms with Gasteiger partial charge in [0.1, 0.15) is 35.2 Å². The van der Waals surface area contributed by atoms with E-state index in [1.807, 2.05) is 18.2 Å². The summed E-state index contributed by atoms with van der Waals surface area (Å²) in [6, 6.07) is 36.1. The van der Waals surface area contributed by atoms with E-state index >= 15 is 0 Å². The Bertz CT molecular complexity index is 3080. The van der Waals surface area contributed by atoms with Crippen LogP contribution in [0.1, 0.15) is 188 Å². The Morgan fingerprint density at radius 2 is 0.844 bits per heavy atom. The Kier molecular flexibility index (Phi) is 35.3. The second kappa shape index (κ2) is 44.0. The molecule has 14 heteroatoms. The van der Waals surface area contributed by atoms with E-state index in [1.165, 1.54) is 38.9 Å². The molecule has 2 unspecified atom stereocenters. The van der Waals surface area contributed by atoms with Crippen LogP contribution >= 0.6 is 0 Å². The number of aliphatic hydroxyl groups is 2. The zero-order valence-corrected chi connectivity index (χ0v) is 57.8. The van der Waals surface area contributed by atoms with Crippen LogP contribution in [0.5, 0.6) is 23.0 Å². The van der Waals surface area contributed by atoms with Crippen LogP contribution in [-0.4, -0.2) is 99.2 Å². The van der Waals surface area contributed by atoms with Crippen LogP contribution in [-0.2, 0) is 83.1 Å². The second-order valence-corrected chi connectivity index (χ2v) is 25.4. The number of hydrogen-bond acceptors (Lipinski definition) is 14. The molecule has 0 bridgehead atoms. The minimum atomic E-state index is -0.371. The van der Waals surface area contributed by atoms with E-state index in [9.17, 15) is 19.2 Å². The van der Waals surface area contributed by atoms with Crippen LogP contribution in [0, 0.1) is 0 Å². The van der Waals surface area contributed by atoms with Crippen molar-refractivity contribution in [3.63, 3.8) is 0 Å². The molecule has 0 spiro atoms. The molecule has 2 fully saturated rings. The number of ether oxygens (including phenoxy) is 8. The highest BCUT2D eigenvalue weighted by Gasteiger charge is 2.29. The van der Waals surface area contributed by atoms with Gasteiger partial charge in [-0.25, -0.2) is 19.2 Å². The fraction of sp³-hybridized carbons (Fsp3) is 0.488. The Morgan fingerprint density at radius 1 is 0.448 bits per heavy atom. The molecule has 7 rings (SSSR count). The molecule has 0 amide bonds. The van der Waals surface area contributed by atoms with Crippen molar-refractivity contribution in [3.8, 4) is 34.1 Å². The van der Waals surface area contributed by atoms with Gasteiger partial charge < -0.3 is 48.1 Å². The number of carbonyl (C=O) groups is 4. The van der Waals surface area contributed by atoms with Crippen molar-refractivity contribution < 1.29 is 67.3 Å². The predicted octanol–water partition coefficient (Wildman–Crippen LogP) is 16.8. The summed E-state index contributed by atoms with van der Waals surface area (Å²) in [4.78, 5) is 47.4. The smallest absolute Gasteiger partial charge is 0.333 e. The quantitative estimate of drug-likeness (QED) is 0.0162. The van der Waals surface area contributed by atoms with Gasteiger partial charge in [0.05, 0.1) is 39.6 Å². The molecule has 14 nitrogen and oxygen atoms in total. The lowest BCUT2D eigenvalue weighted by atomic mass is 9.90. The molecular weight excluding hydrogens is 1210 g/mol. The van der Waals surface area contributed by atoms with E-state index in [0.29, 0.717) is 87.6 Å². The maximum Gasteiger partial charge on any atom is 0.333 e. The van der Waals surface area contributed by atoms with Crippen molar-refractivity contribution >= 4 is 23.9 Å². The third-order valence-electron chi connectivity index (χ3n) is 17.2. The summed E-state index contributed by atoms with van der Waals surface area (Å²) in [6.45, 7) is 24.2. The van der Waals surface area contributed by atoms with Gasteiger partial charge in [-0.05, 0) is 261 Å². The first kappa shape index (κ1) is 77.1. The summed E-state index contributed by atoms with van der Waals surface area (Å²) in [5.74, 6) is 2.34. The number of carbonyl (C=O) groups excluding carboxylic acids is 4. The molecule has 520 valence electrons. The van der Waals surface area contributed by atoms with Gasteiger partial charge >= 0.3 is 23.9 Å². The summed E-state index contributed by atoms with van der Waals surface area (Å²) in [5.41, 5.74) is 12.8. The molecule has 2 aliphatic heterocycles. The van der Waals surface area contributed by atoms with Crippen molar-refractivity contribution in [1.82, 2.24) is 0 Å². The van der Waals surface area contributed by atoms with Crippen molar-refractivity contribution in [2.75, 3.05) is 52.9 Å². The number of benzene rings is 5. The number of aliphatic hydroxyl groups excluding tert-OH is 2. The zero-order chi connectivity index (χ0) is 68.7. The van der Waals surface area contributed by atoms with Crippen LogP contribution in [0.2, 0.25) is 0 Å². The summed E-state index contributed by atoms with van der Waals surface area (Å²) in [7, 11) is 0. The van der Waals surface area contributed by atoms with Crippen molar-refractivity contribution in [3.05, 3.63) is 191 Å². The predicted molar refractivity (Wildman–Crippen MR) is 381 cm³/mol. The highest BCUT2D eigenvalue weighted by atomic mass is 16.6. The van der Waals surface area contributed by atoms with Crippen LogP contribution in [0.15, 0.2) is 152 Å². The molecule has 2 saturated heterocycles. The normalized spacial score (nSPS) is 14.1. The topological polar surface area (TPSA) is 183 Å². The van der Waals surface area contributed by atoms with Gasteiger partial charge in [-0.15, -0.1) is 0 Å². The number of esters is 4. The fourth-order valence-electron chi connectivity index (χ4n) is 11.8. The van der Waals surface area contributed by atoms with Gasteiger partial charge in [-0.3, -0.25) is 0 Å². The largest absolute Gasteiger partial charge is 0.494 e. The number of rotatable bonds is 46. The lowest BCUT2D eigenvalue weighted by molar-refractivity contribution is -0.139. The fourth-order valence-corrected chi connectivity index (χ4v) is 11.8. The highest BCUT2D eigenvalue weighted by molar-refractivity contribution is 5.90. The minimum Gasteiger partial charge on any atom is -0.494 e. The monoisotopic (exact) mass is 1320 g/mol. The molecule has 0 saturated carbocycles. The van der Waals surface area contributed by atoms with Crippen molar-refractivity contribution in [2.45, 2.75) is 206 Å². The molecule has 0 aromatic heterocycles. The Hall–Kier alpha value is -7.94. The lowest BCUT2D eigenvalue weighted by Crippen LogP contribution is -2.10. The standard InChI is InChI=1S/C46H58O7.C36H50O7/c1-4-36-16-8-9-21-43(36)39-31-37(17-13-19-41-29-33(2)45(48)52-41)44(38(32-39)18-14-20-42-30-34(3)46(49)53-42)51-28-11-5-7-15-35-22-24-40(25-23-35)50-27-12-6-10-26-47;1-28(2)35(38)42-26-12-17-31-15-11-16-32(18-13-27-43-36(39)29(3)4)34(31)41-25-9-5-7-14-30-19-21-33(22-20-30)40-24-10-6-8-23-37/h8-9,16,21-25,31-32,41-42,47H,2-7,10-15,17-20,26-30H2,1H3;11,15-16,19-22,37H,1,3,5-10,12-14,17-18,23-27H2,2,4H3. The van der Waals surface area contributed by atoms with Crippen LogP contribution in [0.3, 0.4) is 0 Å². The molecule has 0 radical (unpaired) electrons. The number of cyclic esters (lactones) is 2. The van der Waals surface area contributed by atoms with Crippen LogP contribution < -0.4 is 18.9 Å². The van der Waals surface area contributed by atoms with E-state index in [4.69, 9.17) is 48.1 Å². The molecular formula is C82H108O14. The molecule has 5 aromatic rings. The van der Waals surface area contributed by atoms with E-state index in [-0.39, 0.29) is 49.3 Å². The first-order chi connectivity index (χ1) is 46.6. The van der Waals surface area contributed by atoms with Gasteiger partial charge in [0.25, 0.3) is 0 Å². The van der Waals surface area contributed by atoms with Gasteiger partial charge in [0.2, 0.25) is 0 Å². The number of para-hydroxylation sites is 1. The SMILES string of the molecule is C=C(C)C(=O)OCCCc1cccc(CCCOC(=O)C(=C)C)c1OCCCCCc1ccc(OCCCCCO)cc1.C=C1CC(CCCc2cc(-c3ccccc3CC)cc(CCCC3CC(=C)C(=O)O3)c2OCCCCCc2ccc(OCCCCCO)cc2)OC1=O. The zero-order valence-electron chi connectivity index (χ0n) is 57.8. The van der Waals surface area contributed by atoms with Crippen LogP contribution in [0.25, 0.3) is 11.1 Å². The van der Waals surface area contributed by atoms with E-state index in [2.05, 4.69) is 118 Å². The summed E-state index contributed by atoms with van der Waals surface area (Å²) in [5, 5.41) is 17.8. The summed E-state index contributed by atoms with van der Waals surface area (Å²) in [6.07, 6.45) is 23.3. The number of unbranched alkanes of at least 4 members (excludes halogenated alkanes) is 8. The van der Waals surface area contributed by atoms with Gasteiger partial charge in [0, 0.05) is 48.3 Å². The third-order valence-corrected chi connectivity index (χ3v) is 17.2. The molecule has 2 N–H and O–H groups in total. The summed E-state index contributed by atoms with van der Waals surface area (Å²) >= 11 is 0. The number of aryl methyl sites for hydroxylation is 7. The molecule has 2 aliphatic rings. The second-order valence-electron chi connectivity index (χ2n) is 25.4. The average Bonchev–Trinajstić information content (AvgIpc) is 0.990. The molecule has 2 heterocycles. The maximum absolute atomic E-state index is 12.0. The van der Waals surface area contributed by atoms with Gasteiger partial charge in [0.15, 0.2) is 0 Å². The Labute approximate surface area is 572 Å². The average molecular weight is 1320 g/mol. The molecule has 5 aromatic carbocycles. The molecule has 0 aliphatic carbocycles. The lowest BCUT2D eigenvalue weighted by Gasteiger charge is -2.20. The van der Waals surface area contributed by atoms with E-state index in [1.54, 1.807) is 13.8 Å². The molecule has 2 atom stereocenters. The first-order valence-electron chi connectivity index (χ1n) is 35.3. The van der Waals surface area contributed by atoms with Crippen molar-refractivity contribution in [1.29, 1.82) is 0 Å². The summed E-state index contributed by atoms with van der Waals surface area (Å²) < 4.78 is 46.3. The minimum absolute atomic E-state index is 0.113. The highest BCUT2D eigenvalue weighted by Crippen LogP contribution is 2.37. The van der Waals surface area contributed by atoms with Gasteiger partial charge in [-0.2, -0.15) is 0 Å².